The molecule has 0 spiro atoms. The Bertz CT molecular complexity index is 1040. The smallest absolute Gasteiger partial charge is 0.294 e. The molecule has 3 amide bonds. The molecule has 0 bridgehead atoms. The van der Waals surface area contributed by atoms with E-state index in [1.807, 2.05) is 0 Å². The van der Waals surface area contributed by atoms with Gasteiger partial charge in [0.05, 0.1) is 17.7 Å². The highest BCUT2D eigenvalue weighted by molar-refractivity contribution is 8.18. The molecule has 1 aliphatic rings. The Balaban J connectivity index is 1.78. The number of benzene rings is 2. The van der Waals surface area contributed by atoms with E-state index in [9.17, 15) is 23.9 Å². The number of imide groups is 1. The summed E-state index contributed by atoms with van der Waals surface area (Å²) in [7, 11) is 1.34. The standard InChI is InChI=1S/C19H14ClFN2O5S/c1-28-14-8-11(20)6-10(17(14)25)7-15-18(26)23(19(27)29-15)9-16(24)22-13-5-3-2-4-12(13)21/h2-8,25H,9H2,1H3,(H,22,24)/b15-7+. The summed E-state index contributed by atoms with van der Waals surface area (Å²) in [6, 6.07) is 8.32. The summed E-state index contributed by atoms with van der Waals surface area (Å²) in [5.74, 6) is -2.23. The molecule has 0 aromatic heterocycles. The molecule has 1 heterocycles. The first-order chi connectivity index (χ1) is 13.8. The Morgan fingerprint density at radius 2 is 2.07 bits per heavy atom. The van der Waals surface area contributed by atoms with Gasteiger partial charge in [-0.15, -0.1) is 0 Å². The maximum Gasteiger partial charge on any atom is 0.294 e. The van der Waals surface area contributed by atoms with E-state index in [2.05, 4.69) is 5.32 Å². The molecule has 2 aromatic rings. The number of para-hydroxylation sites is 1. The molecule has 7 nitrogen and oxygen atoms in total. The fourth-order valence-electron chi connectivity index (χ4n) is 2.53. The number of halogens is 2. The number of phenolic OH excluding ortho intramolecular Hbond substituents is 1. The number of carbonyl (C=O) groups excluding carboxylic acids is 3. The molecule has 2 N–H and O–H groups in total. The van der Waals surface area contributed by atoms with Crippen LogP contribution in [0.3, 0.4) is 0 Å². The van der Waals surface area contributed by atoms with Crippen molar-refractivity contribution in [3.63, 3.8) is 0 Å². The molecule has 0 radical (unpaired) electrons. The molecule has 0 atom stereocenters. The molecule has 150 valence electrons. The van der Waals surface area contributed by atoms with Gasteiger partial charge in [-0.3, -0.25) is 19.3 Å². The van der Waals surface area contributed by atoms with Crippen molar-refractivity contribution >= 4 is 52.2 Å². The first kappa shape index (κ1) is 20.7. The predicted octanol–water partition coefficient (Wildman–Crippen LogP) is 3.87. The third-order valence-corrected chi connectivity index (χ3v) is 5.02. The minimum absolute atomic E-state index is 0.00619. The number of phenols is 1. The zero-order valence-corrected chi connectivity index (χ0v) is 16.5. The lowest BCUT2D eigenvalue weighted by atomic mass is 10.1. The SMILES string of the molecule is COc1cc(Cl)cc(/C=C2/SC(=O)N(CC(=O)Nc3ccccc3F)C2=O)c1O. The maximum absolute atomic E-state index is 13.6. The van der Waals surface area contributed by atoms with Crippen molar-refractivity contribution < 1.29 is 28.6 Å². The minimum Gasteiger partial charge on any atom is -0.504 e. The van der Waals surface area contributed by atoms with Gasteiger partial charge >= 0.3 is 0 Å². The lowest BCUT2D eigenvalue weighted by molar-refractivity contribution is -0.127. The zero-order valence-electron chi connectivity index (χ0n) is 14.9. The second-order valence-corrected chi connectivity index (χ2v) is 7.27. The van der Waals surface area contributed by atoms with Crippen molar-refractivity contribution in [1.82, 2.24) is 4.90 Å². The van der Waals surface area contributed by atoms with Crippen LogP contribution in [0.2, 0.25) is 5.02 Å². The van der Waals surface area contributed by atoms with Crippen LogP contribution in [0.15, 0.2) is 41.3 Å². The molecule has 0 aliphatic carbocycles. The number of thioether (sulfide) groups is 1. The average Bonchev–Trinajstić information content (AvgIpc) is 2.93. The van der Waals surface area contributed by atoms with E-state index < -0.39 is 29.4 Å². The summed E-state index contributed by atoms with van der Waals surface area (Å²) in [5, 5.41) is 12.1. The zero-order chi connectivity index (χ0) is 21.1. The van der Waals surface area contributed by atoms with Gasteiger partial charge in [-0.05, 0) is 36.0 Å². The monoisotopic (exact) mass is 436 g/mol. The van der Waals surface area contributed by atoms with Gasteiger partial charge in [-0.1, -0.05) is 23.7 Å². The number of rotatable bonds is 5. The third-order valence-electron chi connectivity index (χ3n) is 3.90. The van der Waals surface area contributed by atoms with E-state index in [1.165, 1.54) is 49.6 Å². The minimum atomic E-state index is -0.731. The number of anilines is 1. The highest BCUT2D eigenvalue weighted by Gasteiger charge is 2.36. The number of ether oxygens (including phenoxy) is 1. The first-order valence-corrected chi connectivity index (χ1v) is 9.36. The second kappa shape index (κ2) is 8.54. The average molecular weight is 437 g/mol. The lowest BCUT2D eigenvalue weighted by Gasteiger charge is -2.12. The van der Waals surface area contributed by atoms with Crippen LogP contribution in [0, 0.1) is 5.82 Å². The Kier molecular flexibility index (Phi) is 6.09. The van der Waals surface area contributed by atoms with Gasteiger partial charge in [-0.25, -0.2) is 4.39 Å². The number of hydrogen-bond donors (Lipinski definition) is 2. The van der Waals surface area contributed by atoms with Crippen molar-refractivity contribution in [3.05, 3.63) is 57.7 Å². The topological polar surface area (TPSA) is 95.9 Å². The van der Waals surface area contributed by atoms with E-state index >= 15 is 0 Å². The number of carbonyl (C=O) groups is 3. The van der Waals surface area contributed by atoms with Crippen LogP contribution >= 0.6 is 23.4 Å². The van der Waals surface area contributed by atoms with Gasteiger partial charge in [0.25, 0.3) is 11.1 Å². The highest BCUT2D eigenvalue weighted by atomic mass is 35.5. The third kappa shape index (κ3) is 4.52. The molecule has 0 unspecified atom stereocenters. The van der Waals surface area contributed by atoms with Crippen LogP contribution < -0.4 is 10.1 Å². The first-order valence-electron chi connectivity index (χ1n) is 8.16. The fourth-order valence-corrected chi connectivity index (χ4v) is 3.58. The Labute approximate surface area is 174 Å². The number of amides is 3. The Hall–Kier alpha value is -3.04. The van der Waals surface area contributed by atoms with Crippen molar-refractivity contribution in [2.45, 2.75) is 0 Å². The van der Waals surface area contributed by atoms with Crippen LogP contribution in [0.4, 0.5) is 14.9 Å². The summed E-state index contributed by atoms with van der Waals surface area (Å²) in [5.41, 5.74) is 0.117. The molecule has 2 aromatic carbocycles. The van der Waals surface area contributed by atoms with Gasteiger partial charge in [0.15, 0.2) is 11.5 Å². The molecule has 10 heteroatoms. The predicted molar refractivity (Wildman–Crippen MR) is 107 cm³/mol. The van der Waals surface area contributed by atoms with Gasteiger partial charge in [0.1, 0.15) is 12.4 Å². The van der Waals surface area contributed by atoms with Crippen molar-refractivity contribution in [1.29, 1.82) is 0 Å². The van der Waals surface area contributed by atoms with E-state index in [4.69, 9.17) is 16.3 Å². The van der Waals surface area contributed by atoms with Crippen LogP contribution in [0.1, 0.15) is 5.56 Å². The number of nitrogens with one attached hydrogen (secondary N) is 1. The summed E-state index contributed by atoms with van der Waals surface area (Å²) in [4.78, 5) is 37.6. The number of methoxy groups -OCH3 is 1. The van der Waals surface area contributed by atoms with Crippen molar-refractivity contribution in [2.24, 2.45) is 0 Å². The van der Waals surface area contributed by atoms with E-state index in [0.29, 0.717) is 11.8 Å². The molecule has 0 saturated carbocycles. The fraction of sp³-hybridized carbons (Fsp3) is 0.105. The molecular formula is C19H14ClFN2O5S. The molecule has 1 saturated heterocycles. The van der Waals surface area contributed by atoms with E-state index in [1.54, 1.807) is 0 Å². The van der Waals surface area contributed by atoms with E-state index in [0.717, 1.165) is 4.90 Å². The maximum atomic E-state index is 13.6. The summed E-state index contributed by atoms with van der Waals surface area (Å²) < 4.78 is 18.6. The number of aromatic hydroxyl groups is 1. The van der Waals surface area contributed by atoms with Crippen LogP contribution in [-0.2, 0) is 9.59 Å². The number of hydrogen-bond acceptors (Lipinski definition) is 6. The Morgan fingerprint density at radius 3 is 2.76 bits per heavy atom. The van der Waals surface area contributed by atoms with E-state index in [-0.39, 0.29) is 32.7 Å². The molecule has 1 fully saturated rings. The van der Waals surface area contributed by atoms with Crippen molar-refractivity contribution in [2.75, 3.05) is 19.0 Å². The van der Waals surface area contributed by atoms with Crippen molar-refractivity contribution in [3.8, 4) is 11.5 Å². The largest absolute Gasteiger partial charge is 0.504 e. The van der Waals surface area contributed by atoms with Crippen LogP contribution in [0.25, 0.3) is 6.08 Å². The summed E-state index contributed by atoms with van der Waals surface area (Å²) in [6.45, 7) is -0.582. The van der Waals surface area contributed by atoms with Crippen LogP contribution in [0.5, 0.6) is 11.5 Å². The van der Waals surface area contributed by atoms with Gasteiger partial charge in [0, 0.05) is 16.7 Å². The quantitative estimate of drug-likeness (QED) is 0.691. The Morgan fingerprint density at radius 1 is 1.34 bits per heavy atom. The van der Waals surface area contributed by atoms with Crippen LogP contribution in [-0.4, -0.2) is 40.7 Å². The lowest BCUT2D eigenvalue weighted by Crippen LogP contribution is -2.36. The summed E-state index contributed by atoms with van der Waals surface area (Å²) >= 11 is 6.57. The molecule has 1 aliphatic heterocycles. The summed E-state index contributed by atoms with van der Waals surface area (Å²) in [6.07, 6.45) is 1.28. The van der Waals surface area contributed by atoms with Gasteiger partial charge in [0.2, 0.25) is 5.91 Å². The molecule has 3 rings (SSSR count). The molecule has 29 heavy (non-hydrogen) atoms. The number of nitrogens with zero attached hydrogens (tertiary/aromatic N) is 1. The second-order valence-electron chi connectivity index (χ2n) is 5.84. The molecular weight excluding hydrogens is 423 g/mol. The normalized spacial score (nSPS) is 15.1. The highest BCUT2D eigenvalue weighted by Crippen LogP contribution is 2.38. The van der Waals surface area contributed by atoms with Gasteiger partial charge < -0.3 is 15.2 Å². The van der Waals surface area contributed by atoms with Gasteiger partial charge in [-0.2, -0.15) is 0 Å².